The molecule has 0 amide bonds. The molecule has 0 saturated carbocycles. The number of hydrogen-bond acceptors (Lipinski definition) is 13. The molecule has 1 aliphatic heterocycles. The number of anilines is 2. The lowest BCUT2D eigenvalue weighted by atomic mass is 10.1. The number of imidazole rings is 2. The lowest BCUT2D eigenvalue weighted by Gasteiger charge is -2.19. The predicted octanol–water partition coefficient (Wildman–Crippen LogP) is 0.228. The van der Waals surface area contributed by atoms with Gasteiger partial charge in [0.05, 0.1) is 37.5 Å². The fourth-order valence-corrected chi connectivity index (χ4v) is 5.04. The molecular weight excluding hydrogens is 556 g/mol. The topological polar surface area (TPSA) is 199 Å². The minimum Gasteiger partial charge on any atom is -0.394 e. The number of rotatable bonds is 12. The zero-order valence-electron chi connectivity index (χ0n) is 23.8. The number of tetrazole rings is 1. The Morgan fingerprint density at radius 1 is 1.07 bits per heavy atom. The van der Waals surface area contributed by atoms with Crippen LogP contribution in [0, 0.1) is 0 Å². The van der Waals surface area contributed by atoms with E-state index in [1.807, 2.05) is 55.1 Å². The summed E-state index contributed by atoms with van der Waals surface area (Å²) in [4.78, 5) is 19.7. The zero-order valence-corrected chi connectivity index (χ0v) is 23.8. The smallest absolute Gasteiger partial charge is 0.226 e. The molecule has 0 bridgehead atoms. The summed E-state index contributed by atoms with van der Waals surface area (Å²) in [6.45, 7) is 2.72. The van der Waals surface area contributed by atoms with Crippen LogP contribution in [0.3, 0.4) is 0 Å². The van der Waals surface area contributed by atoms with Gasteiger partial charge in [0.15, 0.2) is 29.3 Å². The van der Waals surface area contributed by atoms with Gasteiger partial charge in [0, 0.05) is 26.2 Å². The highest BCUT2D eigenvalue weighted by molar-refractivity contribution is 5.84. The van der Waals surface area contributed by atoms with Crippen LogP contribution in [0.2, 0.25) is 0 Å². The second-order valence-corrected chi connectivity index (χ2v) is 10.4. The van der Waals surface area contributed by atoms with E-state index >= 15 is 0 Å². The number of aryl methyl sites for hydroxylation is 2. The number of nitrogens with one attached hydrogen (secondary N) is 2. The lowest BCUT2D eigenvalue weighted by Crippen LogP contribution is -2.29. The number of aliphatic hydroxyl groups is 3. The zero-order chi connectivity index (χ0) is 29.9. The van der Waals surface area contributed by atoms with Crippen LogP contribution in [0.4, 0.5) is 11.8 Å². The SMILES string of the molecule is CCn1nnc([C@H]2O[C@@H](n3cnc4c(N[C@H](CO)Cc5ccccc5)nc(NCCc5cn(C)cn5)nc43)[C@H](O)[C@@H]2O)n1. The summed E-state index contributed by atoms with van der Waals surface area (Å²) in [6, 6.07) is 9.47. The van der Waals surface area contributed by atoms with Crippen molar-refractivity contribution in [1.29, 1.82) is 0 Å². The maximum atomic E-state index is 11.0. The highest BCUT2D eigenvalue weighted by atomic mass is 16.6. The Balaban J connectivity index is 1.31. The van der Waals surface area contributed by atoms with Crippen LogP contribution in [-0.4, -0.2) is 96.0 Å². The van der Waals surface area contributed by atoms with E-state index in [0.717, 1.165) is 11.3 Å². The molecule has 5 aromatic rings. The van der Waals surface area contributed by atoms with E-state index in [9.17, 15) is 15.3 Å². The Morgan fingerprint density at radius 2 is 1.91 bits per heavy atom. The van der Waals surface area contributed by atoms with Gasteiger partial charge < -0.3 is 35.3 Å². The minimum atomic E-state index is -1.33. The van der Waals surface area contributed by atoms with Gasteiger partial charge in [0.25, 0.3) is 0 Å². The van der Waals surface area contributed by atoms with Crippen LogP contribution in [-0.2, 0) is 31.2 Å². The van der Waals surface area contributed by atoms with E-state index in [0.29, 0.717) is 48.9 Å². The summed E-state index contributed by atoms with van der Waals surface area (Å²) < 4.78 is 9.51. The van der Waals surface area contributed by atoms with Gasteiger partial charge in [-0.25, -0.2) is 9.97 Å². The molecule has 1 fully saturated rings. The molecule has 1 saturated heterocycles. The normalized spacial score (nSPS) is 21.0. The largest absolute Gasteiger partial charge is 0.394 e. The predicted molar refractivity (Wildman–Crippen MR) is 154 cm³/mol. The van der Waals surface area contributed by atoms with E-state index in [2.05, 4.69) is 41.0 Å². The second-order valence-electron chi connectivity index (χ2n) is 10.4. The van der Waals surface area contributed by atoms with Crippen molar-refractivity contribution < 1.29 is 20.1 Å². The highest BCUT2D eigenvalue weighted by Crippen LogP contribution is 2.39. The molecule has 5 atom stereocenters. The molecule has 0 aliphatic carbocycles. The molecule has 0 spiro atoms. The molecule has 6 rings (SSSR count). The Hall–Kier alpha value is -4.51. The molecule has 16 nitrogen and oxygen atoms in total. The van der Waals surface area contributed by atoms with Crippen LogP contribution in [0.15, 0.2) is 49.2 Å². The molecule has 1 aliphatic rings. The Morgan fingerprint density at radius 3 is 2.63 bits per heavy atom. The van der Waals surface area contributed by atoms with E-state index in [1.165, 1.54) is 11.1 Å². The Labute approximate surface area is 246 Å². The third kappa shape index (κ3) is 6.03. The van der Waals surface area contributed by atoms with Gasteiger partial charge >= 0.3 is 0 Å². The van der Waals surface area contributed by atoms with Crippen LogP contribution in [0.25, 0.3) is 11.2 Å². The number of aromatic nitrogens is 10. The summed E-state index contributed by atoms with van der Waals surface area (Å²) in [5.41, 5.74) is 2.73. The number of fused-ring (bicyclic) bond motifs is 1. The molecule has 4 aromatic heterocycles. The van der Waals surface area contributed by atoms with Crippen molar-refractivity contribution in [3.05, 3.63) is 66.3 Å². The van der Waals surface area contributed by atoms with Crippen molar-refractivity contribution in [2.45, 2.75) is 56.9 Å². The minimum absolute atomic E-state index is 0.146. The molecule has 226 valence electrons. The molecule has 16 heteroatoms. The van der Waals surface area contributed by atoms with Gasteiger partial charge in [-0.05, 0) is 24.1 Å². The van der Waals surface area contributed by atoms with E-state index in [4.69, 9.17) is 9.72 Å². The molecule has 43 heavy (non-hydrogen) atoms. The second kappa shape index (κ2) is 12.4. The molecular formula is C27H34N12O4. The first kappa shape index (κ1) is 28.6. The summed E-state index contributed by atoms with van der Waals surface area (Å²) >= 11 is 0. The van der Waals surface area contributed by atoms with Crippen molar-refractivity contribution >= 4 is 22.9 Å². The van der Waals surface area contributed by atoms with E-state index in [1.54, 1.807) is 10.9 Å². The third-order valence-corrected chi connectivity index (χ3v) is 7.25. The first-order valence-electron chi connectivity index (χ1n) is 14.1. The first-order valence-corrected chi connectivity index (χ1v) is 14.1. The summed E-state index contributed by atoms with van der Waals surface area (Å²) in [5.74, 6) is 0.873. The quantitative estimate of drug-likeness (QED) is 0.132. The average Bonchev–Trinajstić information content (AvgIpc) is 3.81. The number of benzene rings is 1. The molecule has 0 unspecified atom stereocenters. The Bertz CT molecular complexity index is 1650. The molecule has 5 N–H and O–H groups in total. The molecule has 1 aromatic carbocycles. The maximum absolute atomic E-state index is 11.0. The van der Waals surface area contributed by atoms with Crippen LogP contribution in [0.1, 0.15) is 36.3 Å². The number of aliphatic hydroxyl groups excluding tert-OH is 3. The van der Waals surface area contributed by atoms with Gasteiger partial charge in [-0.15, -0.1) is 10.2 Å². The number of hydrogen-bond donors (Lipinski definition) is 5. The first-order chi connectivity index (χ1) is 20.9. The van der Waals surface area contributed by atoms with E-state index in [-0.39, 0.29) is 18.5 Å². The van der Waals surface area contributed by atoms with Gasteiger partial charge in [0.1, 0.15) is 12.2 Å². The maximum Gasteiger partial charge on any atom is 0.226 e. The van der Waals surface area contributed by atoms with Crippen LogP contribution in [0.5, 0.6) is 0 Å². The highest BCUT2D eigenvalue weighted by Gasteiger charge is 2.47. The monoisotopic (exact) mass is 590 g/mol. The average molecular weight is 591 g/mol. The van der Waals surface area contributed by atoms with Gasteiger partial charge in [-0.2, -0.15) is 14.8 Å². The van der Waals surface area contributed by atoms with Gasteiger partial charge in [0.2, 0.25) is 11.8 Å². The summed E-state index contributed by atoms with van der Waals surface area (Å²) in [5, 5.41) is 50.8. The van der Waals surface area contributed by atoms with Crippen molar-refractivity contribution in [3.8, 4) is 0 Å². The molecule has 5 heterocycles. The Kier molecular flexibility index (Phi) is 8.24. The molecule has 0 radical (unpaired) electrons. The fourth-order valence-electron chi connectivity index (χ4n) is 5.04. The number of ether oxygens (including phenoxy) is 1. The fraction of sp³-hybridized carbons (Fsp3) is 0.444. The van der Waals surface area contributed by atoms with Crippen LogP contribution < -0.4 is 10.6 Å². The summed E-state index contributed by atoms with van der Waals surface area (Å²) in [6.07, 6.45) is 1.68. The standard InChI is InChI=1S/C27H34N12O4/c1-3-39-35-24(34-36-39)22-20(41)21(42)26(43-22)38-15-30-19-23(31-18(13-40)11-16-7-5-4-6-8-16)32-27(33-25(19)38)28-10-9-17-12-37(2)14-29-17/h4-8,12,14-15,18,20-22,26,40-42H,3,9-11,13H2,1-2H3,(H2,28,31,32,33)/t18-,20-,21+,22-,26+/m0/s1. The van der Waals surface area contributed by atoms with Crippen LogP contribution >= 0.6 is 0 Å². The lowest BCUT2D eigenvalue weighted by molar-refractivity contribution is -0.0384. The van der Waals surface area contributed by atoms with E-state index < -0.39 is 24.5 Å². The van der Waals surface area contributed by atoms with Crippen molar-refractivity contribution in [2.75, 3.05) is 23.8 Å². The van der Waals surface area contributed by atoms with Gasteiger partial charge in [-0.3, -0.25) is 4.57 Å². The van der Waals surface area contributed by atoms with Crippen molar-refractivity contribution in [2.24, 2.45) is 7.05 Å². The summed E-state index contributed by atoms with van der Waals surface area (Å²) in [7, 11) is 1.91. The van der Waals surface area contributed by atoms with Gasteiger partial charge in [-0.1, -0.05) is 30.3 Å². The number of nitrogens with zero attached hydrogens (tertiary/aromatic N) is 10. The van der Waals surface area contributed by atoms with Crippen molar-refractivity contribution in [1.82, 2.24) is 49.3 Å². The third-order valence-electron chi connectivity index (χ3n) is 7.25. The van der Waals surface area contributed by atoms with Crippen molar-refractivity contribution in [3.63, 3.8) is 0 Å².